The maximum absolute atomic E-state index is 13.2. The molecule has 0 spiro atoms. The molecule has 2 aromatic heterocycles. The van der Waals surface area contributed by atoms with Crippen LogP contribution in [0.25, 0.3) is 22.4 Å². The lowest BCUT2D eigenvalue weighted by atomic mass is 10.1. The molecule has 7 heteroatoms. The summed E-state index contributed by atoms with van der Waals surface area (Å²) in [5.41, 5.74) is 2.31. The number of aromatic carboxylic acids is 1. The van der Waals surface area contributed by atoms with Gasteiger partial charge in [-0.05, 0) is 43.2 Å². The lowest BCUT2D eigenvalue weighted by Gasteiger charge is -2.20. The summed E-state index contributed by atoms with van der Waals surface area (Å²) in [6.45, 7) is 0. The molecule has 0 atom stereocenters. The molecule has 2 heterocycles. The van der Waals surface area contributed by atoms with Crippen molar-refractivity contribution >= 4 is 23.0 Å². The molecule has 0 amide bonds. The van der Waals surface area contributed by atoms with Gasteiger partial charge in [-0.3, -0.25) is 0 Å². The van der Waals surface area contributed by atoms with Crippen molar-refractivity contribution in [3.63, 3.8) is 0 Å². The highest BCUT2D eigenvalue weighted by molar-refractivity contribution is 5.92. The maximum atomic E-state index is 13.2. The lowest BCUT2D eigenvalue weighted by Crippen LogP contribution is -2.22. The van der Waals surface area contributed by atoms with E-state index >= 15 is 0 Å². The van der Waals surface area contributed by atoms with Gasteiger partial charge in [-0.1, -0.05) is 0 Å². The van der Waals surface area contributed by atoms with Crippen LogP contribution in [0.15, 0.2) is 30.3 Å². The van der Waals surface area contributed by atoms with E-state index in [2.05, 4.69) is 15.0 Å². The molecule has 0 radical (unpaired) electrons. The summed E-state index contributed by atoms with van der Waals surface area (Å²) >= 11 is 0. The van der Waals surface area contributed by atoms with E-state index in [1.807, 2.05) is 11.9 Å². The fraction of sp³-hybridized carbons (Fsp3) is 0.235. The molecule has 1 saturated carbocycles. The van der Waals surface area contributed by atoms with Crippen LogP contribution in [0.1, 0.15) is 23.3 Å². The summed E-state index contributed by atoms with van der Waals surface area (Å²) in [7, 11) is 1.95. The SMILES string of the molecule is CN(c1nc2[nH]c(C(=O)O)cc2nc1-c1ccc(F)cc1)C1CC1. The summed E-state index contributed by atoms with van der Waals surface area (Å²) in [4.78, 5) is 25.2. The number of hydrogen-bond donors (Lipinski definition) is 2. The predicted molar refractivity (Wildman–Crippen MR) is 87.7 cm³/mol. The first-order valence-corrected chi connectivity index (χ1v) is 7.66. The van der Waals surface area contributed by atoms with Crippen LogP contribution in [-0.2, 0) is 0 Å². The topological polar surface area (TPSA) is 82.1 Å². The average Bonchev–Trinajstić information content (AvgIpc) is 3.32. The molecule has 0 bridgehead atoms. The van der Waals surface area contributed by atoms with E-state index in [0.717, 1.165) is 18.4 Å². The zero-order chi connectivity index (χ0) is 16.8. The number of carboxylic acids is 1. The minimum atomic E-state index is -1.06. The largest absolute Gasteiger partial charge is 0.477 e. The van der Waals surface area contributed by atoms with Crippen molar-refractivity contribution in [2.45, 2.75) is 18.9 Å². The van der Waals surface area contributed by atoms with Crippen molar-refractivity contribution in [3.8, 4) is 11.3 Å². The number of H-pyrrole nitrogens is 1. The van der Waals surface area contributed by atoms with E-state index in [1.54, 1.807) is 12.1 Å². The number of nitrogens with one attached hydrogen (secondary N) is 1. The Morgan fingerprint density at radius 3 is 2.62 bits per heavy atom. The van der Waals surface area contributed by atoms with Crippen molar-refractivity contribution in [1.29, 1.82) is 0 Å². The van der Waals surface area contributed by atoms with E-state index in [0.29, 0.717) is 28.7 Å². The maximum Gasteiger partial charge on any atom is 0.352 e. The third-order valence-electron chi connectivity index (χ3n) is 4.22. The number of halogens is 1. The number of fused-ring (bicyclic) bond motifs is 1. The number of hydrogen-bond acceptors (Lipinski definition) is 4. The van der Waals surface area contributed by atoms with Crippen LogP contribution in [0, 0.1) is 5.82 Å². The molecule has 0 saturated heterocycles. The highest BCUT2D eigenvalue weighted by Crippen LogP contribution is 2.35. The molecule has 1 aliphatic rings. The first-order valence-electron chi connectivity index (χ1n) is 7.66. The number of benzene rings is 1. The molecule has 1 aromatic carbocycles. The predicted octanol–water partition coefficient (Wildman–Crippen LogP) is 3.06. The third-order valence-corrected chi connectivity index (χ3v) is 4.22. The Labute approximate surface area is 137 Å². The molecule has 0 aliphatic heterocycles. The van der Waals surface area contributed by atoms with Gasteiger partial charge in [0.15, 0.2) is 11.5 Å². The van der Waals surface area contributed by atoms with Gasteiger partial charge < -0.3 is 15.0 Å². The zero-order valence-electron chi connectivity index (χ0n) is 13.0. The van der Waals surface area contributed by atoms with Crippen LogP contribution in [0.3, 0.4) is 0 Å². The van der Waals surface area contributed by atoms with Crippen LogP contribution in [0.4, 0.5) is 10.2 Å². The van der Waals surface area contributed by atoms with Crippen molar-refractivity contribution < 1.29 is 14.3 Å². The second-order valence-electron chi connectivity index (χ2n) is 5.97. The molecule has 1 fully saturated rings. The molecule has 24 heavy (non-hydrogen) atoms. The Morgan fingerprint density at radius 1 is 1.29 bits per heavy atom. The average molecular weight is 326 g/mol. The zero-order valence-corrected chi connectivity index (χ0v) is 13.0. The van der Waals surface area contributed by atoms with Gasteiger partial charge in [0.1, 0.15) is 22.7 Å². The van der Waals surface area contributed by atoms with Crippen molar-refractivity contribution in [1.82, 2.24) is 15.0 Å². The van der Waals surface area contributed by atoms with Gasteiger partial charge in [0.25, 0.3) is 0 Å². The van der Waals surface area contributed by atoms with E-state index < -0.39 is 5.97 Å². The lowest BCUT2D eigenvalue weighted by molar-refractivity contribution is 0.0691. The molecule has 0 unspecified atom stereocenters. The first-order chi connectivity index (χ1) is 11.5. The summed E-state index contributed by atoms with van der Waals surface area (Å²) in [5.74, 6) is -0.717. The molecule has 122 valence electrons. The third kappa shape index (κ3) is 2.47. The quantitative estimate of drug-likeness (QED) is 0.770. The van der Waals surface area contributed by atoms with E-state index in [4.69, 9.17) is 5.11 Å². The van der Waals surface area contributed by atoms with Gasteiger partial charge >= 0.3 is 5.97 Å². The second kappa shape index (κ2) is 5.30. The van der Waals surface area contributed by atoms with E-state index in [1.165, 1.54) is 18.2 Å². The van der Waals surface area contributed by atoms with Crippen molar-refractivity contribution in [2.75, 3.05) is 11.9 Å². The molecule has 1 aliphatic carbocycles. The highest BCUT2D eigenvalue weighted by Gasteiger charge is 2.30. The van der Waals surface area contributed by atoms with Crippen LogP contribution >= 0.6 is 0 Å². The smallest absolute Gasteiger partial charge is 0.352 e. The summed E-state index contributed by atoms with van der Waals surface area (Å²) in [5, 5.41) is 9.14. The van der Waals surface area contributed by atoms with Gasteiger partial charge in [0.2, 0.25) is 0 Å². The van der Waals surface area contributed by atoms with Gasteiger partial charge in [-0.25, -0.2) is 19.2 Å². The summed E-state index contributed by atoms with van der Waals surface area (Å²) in [6, 6.07) is 7.92. The number of rotatable bonds is 4. The van der Waals surface area contributed by atoms with Crippen LogP contribution in [0.2, 0.25) is 0 Å². The number of anilines is 1. The molecule has 6 nitrogen and oxygen atoms in total. The highest BCUT2D eigenvalue weighted by atomic mass is 19.1. The molecular formula is C17H15FN4O2. The standard InChI is InChI=1S/C17H15FN4O2/c1-22(11-6-7-11)16-14(9-2-4-10(18)5-3-9)19-12-8-13(17(23)24)20-15(12)21-16/h2-5,8,11H,6-7H2,1H3,(H,20,21)(H,23,24). The Bertz CT molecular complexity index is 932. The number of nitrogens with zero attached hydrogens (tertiary/aromatic N) is 3. The Kier molecular flexibility index (Phi) is 3.23. The van der Waals surface area contributed by atoms with E-state index in [9.17, 15) is 9.18 Å². The number of aromatic amines is 1. The fourth-order valence-electron chi connectivity index (χ4n) is 2.73. The molecule has 4 rings (SSSR count). The van der Waals surface area contributed by atoms with Crippen LogP contribution in [0.5, 0.6) is 0 Å². The monoisotopic (exact) mass is 326 g/mol. The van der Waals surface area contributed by atoms with Gasteiger partial charge in [-0.15, -0.1) is 0 Å². The van der Waals surface area contributed by atoms with Crippen molar-refractivity contribution in [2.24, 2.45) is 0 Å². The van der Waals surface area contributed by atoms with Crippen molar-refractivity contribution in [3.05, 3.63) is 41.8 Å². The normalized spacial score (nSPS) is 14.1. The number of carbonyl (C=O) groups is 1. The fourth-order valence-corrected chi connectivity index (χ4v) is 2.73. The summed E-state index contributed by atoms with van der Waals surface area (Å²) in [6.07, 6.45) is 2.17. The Hall–Kier alpha value is -2.96. The molecule has 2 N–H and O–H groups in total. The summed E-state index contributed by atoms with van der Waals surface area (Å²) < 4.78 is 13.2. The van der Waals surface area contributed by atoms with Gasteiger partial charge in [-0.2, -0.15) is 0 Å². The minimum absolute atomic E-state index is 0.0429. The number of aromatic nitrogens is 3. The van der Waals surface area contributed by atoms with Gasteiger partial charge in [0.05, 0.1) is 0 Å². The second-order valence-corrected chi connectivity index (χ2v) is 5.97. The molecular weight excluding hydrogens is 311 g/mol. The van der Waals surface area contributed by atoms with Crippen LogP contribution < -0.4 is 4.90 Å². The first kappa shape index (κ1) is 14.6. The molecule has 3 aromatic rings. The Morgan fingerprint density at radius 2 is 2.00 bits per heavy atom. The Balaban J connectivity index is 1.92. The minimum Gasteiger partial charge on any atom is -0.477 e. The van der Waals surface area contributed by atoms with E-state index in [-0.39, 0.29) is 11.5 Å². The van der Waals surface area contributed by atoms with Crippen LogP contribution in [-0.4, -0.2) is 39.1 Å². The van der Waals surface area contributed by atoms with Gasteiger partial charge in [0, 0.05) is 18.7 Å². The number of carboxylic acid groups (broad SMARTS) is 1.